The van der Waals surface area contributed by atoms with Gasteiger partial charge in [0.05, 0.1) is 32.1 Å². The third-order valence-electron chi connectivity index (χ3n) is 15.7. The van der Waals surface area contributed by atoms with Crippen LogP contribution in [-0.4, -0.2) is 217 Å². The molecule has 1 aliphatic carbocycles. The zero-order valence-corrected chi connectivity index (χ0v) is 57.1. The Morgan fingerprint density at radius 1 is 0.536 bits per heavy atom. The van der Waals surface area contributed by atoms with E-state index >= 15 is 0 Å². The van der Waals surface area contributed by atoms with Crippen molar-refractivity contribution in [3.05, 3.63) is 0 Å². The molecule has 38 nitrogen and oxygen atoms in total. The predicted octanol–water partition coefficient (Wildman–Crippen LogP) is -7.77. The number of carboxylic acid groups (broad SMARTS) is 1. The summed E-state index contributed by atoms with van der Waals surface area (Å²) in [4.78, 5) is 203. The van der Waals surface area contributed by atoms with Crippen molar-refractivity contribution in [2.45, 2.75) is 185 Å². The van der Waals surface area contributed by atoms with Crippen LogP contribution in [0.1, 0.15) is 125 Å². The Labute approximate surface area is 570 Å². The van der Waals surface area contributed by atoms with E-state index in [1.54, 1.807) is 27.7 Å². The first kappa shape index (κ1) is 84.1. The number of nitrogens with one attached hydrogen (secondary N) is 12. The lowest BCUT2D eigenvalue weighted by atomic mass is 9.83. The second-order valence-corrected chi connectivity index (χ2v) is 26.1. The van der Waals surface area contributed by atoms with Crippen LogP contribution in [0, 0.1) is 17.8 Å². The van der Waals surface area contributed by atoms with Gasteiger partial charge in [0.1, 0.15) is 54.4 Å². The van der Waals surface area contributed by atoms with Crippen LogP contribution in [0.4, 0.5) is 0 Å². The van der Waals surface area contributed by atoms with Gasteiger partial charge in [0.2, 0.25) is 76.8 Å². The largest absolute Gasteiger partial charge is 0.481 e. The van der Waals surface area contributed by atoms with E-state index in [9.17, 15) is 72.2 Å². The van der Waals surface area contributed by atoms with Gasteiger partial charge in [0.15, 0.2) is 17.9 Å². The standard InChI is InChI=1S/C57H101N23O15S2/c1-6-28(3)42-52(93)71-25-39(82)72-30(5)46(87)76-36(45(59)86)26-96-97-27-37(77-47(88)32(58)16-11-19-66-55(60)61)51(92)80-44(31-14-9-8-10-15-31)53(94)70-23-38(81)69-24-40(83)73-33(17-12-20-67-56(62)63)48(89)79-43(29(4)7-2)54(95)75-35(22-41(84)85)50(91)74-34(49(90)78-42)18-13-21-68-57(64)65/h28-37,42-44H,6-27,58H2,1-5H3,(H2,59,86)(H,69,81)(H,70,94)(H,71,93)(H,72,82)(H,73,83)(H,74,91)(H,75,95)(H,76,87)(H,77,88)(H,78,90)(H,79,89)(H,80,92)(H,84,85)(H4,60,61,66)(H4,62,63,67)(H4,64,65,68)/t28-,29-,30+,32+,33+,34-,35+,36+,37+,42+,43-,44+/m0/s1. The third-order valence-corrected chi connectivity index (χ3v) is 18.1. The van der Waals surface area contributed by atoms with Gasteiger partial charge in [-0.1, -0.05) is 81.4 Å². The van der Waals surface area contributed by atoms with E-state index in [0.717, 1.165) is 28.0 Å². The molecule has 0 aromatic heterocycles. The van der Waals surface area contributed by atoms with E-state index < -0.39 is 187 Å². The van der Waals surface area contributed by atoms with Gasteiger partial charge in [0, 0.05) is 31.1 Å². The molecule has 0 aromatic rings. The molecule has 2 fully saturated rings. The second kappa shape index (κ2) is 44.7. The average molecular weight is 1410 g/mol. The van der Waals surface area contributed by atoms with Gasteiger partial charge in [0.25, 0.3) is 0 Å². The second-order valence-electron chi connectivity index (χ2n) is 23.5. The number of guanidine groups is 3. The number of aliphatic carboxylic acids is 1. The smallest absolute Gasteiger partial charge is 0.305 e. The first-order valence-corrected chi connectivity index (χ1v) is 34.5. The quantitative estimate of drug-likeness (QED) is 0.0207. The molecule has 97 heavy (non-hydrogen) atoms. The molecule has 1 aliphatic heterocycles. The first-order valence-electron chi connectivity index (χ1n) is 32.0. The van der Waals surface area contributed by atoms with Gasteiger partial charge in [-0.05, 0) is 76.0 Å². The third kappa shape index (κ3) is 33.0. The molecule has 1 saturated carbocycles. The topological polar surface area (TPSA) is 649 Å². The first-order chi connectivity index (χ1) is 45.8. The number of primary amides is 1. The molecule has 12 atom stereocenters. The summed E-state index contributed by atoms with van der Waals surface area (Å²) in [6.07, 6.45) is 2.73. The summed E-state index contributed by atoms with van der Waals surface area (Å²) in [6, 6.07) is -14.4. The molecule has 40 heteroatoms. The van der Waals surface area contributed by atoms with Crippen molar-refractivity contribution < 1.29 is 72.2 Å². The van der Waals surface area contributed by atoms with Gasteiger partial charge in [-0.3, -0.25) is 82.1 Å². The maximum atomic E-state index is 14.4. The number of carbonyl (C=O) groups excluding carboxylic acids is 13. The minimum atomic E-state index is -1.92. The molecule has 2 rings (SSSR count). The highest BCUT2D eigenvalue weighted by Gasteiger charge is 2.38. The lowest BCUT2D eigenvalue weighted by Crippen LogP contribution is -2.61. The number of carbonyl (C=O) groups is 14. The molecule has 29 N–H and O–H groups in total. The summed E-state index contributed by atoms with van der Waals surface area (Å²) in [7, 11) is 1.93. The van der Waals surface area contributed by atoms with Gasteiger partial charge in [-0.2, -0.15) is 0 Å². The summed E-state index contributed by atoms with van der Waals surface area (Å²) in [5.74, 6) is -16.6. The zero-order chi connectivity index (χ0) is 72.9. The van der Waals surface area contributed by atoms with Crippen LogP contribution >= 0.6 is 21.6 Å². The SMILES string of the molecule is CC[C@H](C)[C@@H]1NC(=O)[C@@H](CCCN=C(N)N)NC(=O)CNC(=O)CNC(=O)[C@@H](C2CCCCC2)NC(=O)[C@H](NC(=O)[C@H](N)CCCN=C(N)N)CSSC[C@H](C(N)=O)NC(=O)[C@@H](C)NC(=O)CNC(=O)[C@@H]([C@@H](C)CC)NC(=O)[C@H](CCCN=C(N)N)NC(=O)[C@@H](CC(=O)O)NC1=O. The van der Waals surface area contributed by atoms with Gasteiger partial charge >= 0.3 is 5.97 Å². The van der Waals surface area contributed by atoms with Gasteiger partial charge in [-0.25, -0.2) is 0 Å². The monoisotopic (exact) mass is 1410 g/mol. The average Bonchev–Trinajstić information content (AvgIpc) is 0.866. The lowest BCUT2D eigenvalue weighted by molar-refractivity contribution is -0.142. The van der Waals surface area contributed by atoms with E-state index in [1.165, 1.54) is 6.92 Å². The molecule has 0 radical (unpaired) electrons. The maximum absolute atomic E-state index is 14.4. The molecule has 0 aromatic carbocycles. The van der Waals surface area contributed by atoms with Crippen LogP contribution in [0.3, 0.4) is 0 Å². The predicted molar refractivity (Wildman–Crippen MR) is 362 cm³/mol. The van der Waals surface area contributed by atoms with E-state index in [4.69, 9.17) is 45.9 Å². The summed E-state index contributed by atoms with van der Waals surface area (Å²) >= 11 is 0. The highest BCUT2D eigenvalue weighted by Crippen LogP contribution is 2.28. The zero-order valence-electron chi connectivity index (χ0n) is 55.5. The Bertz CT molecular complexity index is 2800. The minimum absolute atomic E-state index is 0.0239. The molecule has 13 amide bonds. The van der Waals surface area contributed by atoms with Gasteiger partial charge < -0.3 is 115 Å². The molecule has 1 heterocycles. The minimum Gasteiger partial charge on any atom is -0.481 e. The van der Waals surface area contributed by atoms with E-state index in [-0.39, 0.29) is 100 Å². The number of hydrogen-bond acceptors (Lipinski definition) is 20. The lowest BCUT2D eigenvalue weighted by Gasteiger charge is -2.31. The van der Waals surface area contributed by atoms with Crippen LogP contribution in [-0.2, 0) is 67.1 Å². The van der Waals surface area contributed by atoms with Crippen molar-refractivity contribution in [2.75, 3.05) is 50.8 Å². The fourth-order valence-electron chi connectivity index (χ4n) is 9.73. The Hall–Kier alpha value is -8.95. The highest BCUT2D eigenvalue weighted by molar-refractivity contribution is 8.76. The number of nitrogens with zero attached hydrogens (tertiary/aromatic N) is 3. The number of hydrogen-bond donors (Lipinski definition) is 21. The van der Waals surface area contributed by atoms with Crippen molar-refractivity contribution in [1.29, 1.82) is 0 Å². The van der Waals surface area contributed by atoms with Crippen molar-refractivity contribution in [3.8, 4) is 0 Å². The molecular weight excluding hydrogens is 1310 g/mol. The molecule has 1 saturated heterocycles. The van der Waals surface area contributed by atoms with Crippen LogP contribution < -0.4 is 110 Å². The molecule has 546 valence electrons. The van der Waals surface area contributed by atoms with Gasteiger partial charge in [-0.15, -0.1) is 0 Å². The Morgan fingerprint density at radius 2 is 1.01 bits per heavy atom. The fourth-order valence-corrected chi connectivity index (χ4v) is 12.1. The number of carboxylic acids is 1. The van der Waals surface area contributed by atoms with Crippen molar-refractivity contribution in [3.63, 3.8) is 0 Å². The highest BCUT2D eigenvalue weighted by atomic mass is 33.1. The summed E-state index contributed by atoms with van der Waals surface area (Å²) < 4.78 is 0. The van der Waals surface area contributed by atoms with Crippen molar-refractivity contribution in [2.24, 2.45) is 78.6 Å². The Balaban J connectivity index is 2.72. The van der Waals surface area contributed by atoms with Crippen LogP contribution in [0.5, 0.6) is 0 Å². The maximum Gasteiger partial charge on any atom is 0.305 e. The molecular formula is C57H101N23O15S2. The molecule has 2 aliphatic rings. The number of amides is 13. The van der Waals surface area contributed by atoms with Crippen molar-refractivity contribution in [1.82, 2.24) is 63.8 Å². The number of nitrogens with two attached hydrogens (primary N) is 8. The molecule has 0 unspecified atom stereocenters. The summed E-state index contributed by atoms with van der Waals surface area (Å²) in [6.45, 7) is 5.64. The van der Waals surface area contributed by atoms with Crippen LogP contribution in [0.25, 0.3) is 0 Å². The van der Waals surface area contributed by atoms with Crippen molar-refractivity contribution >= 4 is 122 Å². The normalized spacial score (nSPS) is 24.7. The summed E-state index contributed by atoms with van der Waals surface area (Å²) in [5.41, 5.74) is 44.8. The van der Waals surface area contributed by atoms with E-state index in [0.29, 0.717) is 25.7 Å². The van der Waals surface area contributed by atoms with E-state index in [1.807, 2.05) is 0 Å². The van der Waals surface area contributed by atoms with E-state index in [2.05, 4.69) is 78.8 Å². The van der Waals surface area contributed by atoms with Crippen LogP contribution in [0.15, 0.2) is 15.0 Å². The summed E-state index contributed by atoms with van der Waals surface area (Å²) in [5, 5.41) is 40.0. The molecule has 0 bridgehead atoms. The Kier molecular flexibility index (Phi) is 38.8. The fraction of sp³-hybridized carbons (Fsp3) is 0.702. The Morgan fingerprint density at radius 3 is 1.55 bits per heavy atom. The number of rotatable bonds is 22. The number of aliphatic imine (C=N–C) groups is 3. The molecule has 0 spiro atoms. The van der Waals surface area contributed by atoms with Crippen LogP contribution in [0.2, 0.25) is 0 Å².